The third-order valence-electron chi connectivity index (χ3n) is 2.91. The van der Waals surface area contributed by atoms with Gasteiger partial charge in [-0.2, -0.15) is 0 Å². The van der Waals surface area contributed by atoms with Crippen LogP contribution in [0.1, 0.15) is 31.2 Å². The molecule has 0 atom stereocenters. The summed E-state index contributed by atoms with van der Waals surface area (Å²) in [7, 11) is 1.50. The molecule has 2 rings (SSSR count). The van der Waals surface area contributed by atoms with Crippen molar-refractivity contribution in [3.8, 4) is 0 Å². The third kappa shape index (κ3) is 3.92. The molecule has 0 N–H and O–H groups in total. The fourth-order valence-electron chi connectivity index (χ4n) is 1.94. The highest BCUT2D eigenvalue weighted by Gasteiger charge is 2.20. The molecule has 0 saturated carbocycles. The number of nitrogens with zero attached hydrogens (tertiary/aromatic N) is 2. The fourth-order valence-corrected chi connectivity index (χ4v) is 3.09. The fraction of sp³-hybridized carbons (Fsp3) is 0.308. The minimum Gasteiger partial charge on any atom is -0.329 e. The SMILES string of the molecule is CC(C)c1nc(S(=O)(=O)Cl)cn1Cc1ccc(Cl)cc1Cl. The summed E-state index contributed by atoms with van der Waals surface area (Å²) >= 11 is 12.0. The maximum absolute atomic E-state index is 11.4. The predicted octanol–water partition coefficient (Wildman–Crippen LogP) is 4.29. The first-order valence-electron chi connectivity index (χ1n) is 6.14. The third-order valence-corrected chi connectivity index (χ3v) is 4.66. The van der Waals surface area contributed by atoms with E-state index in [-0.39, 0.29) is 10.9 Å². The molecule has 0 aliphatic rings. The van der Waals surface area contributed by atoms with Crippen LogP contribution in [0.5, 0.6) is 0 Å². The van der Waals surface area contributed by atoms with Gasteiger partial charge in [-0.05, 0) is 17.7 Å². The quantitative estimate of drug-likeness (QED) is 0.757. The van der Waals surface area contributed by atoms with Gasteiger partial charge in [0.2, 0.25) is 0 Å². The molecule has 114 valence electrons. The van der Waals surface area contributed by atoms with E-state index in [4.69, 9.17) is 33.9 Å². The first-order chi connectivity index (χ1) is 9.68. The summed E-state index contributed by atoms with van der Waals surface area (Å²) in [4.78, 5) is 4.10. The van der Waals surface area contributed by atoms with Gasteiger partial charge in [0.05, 0.1) is 6.54 Å². The number of hydrogen-bond acceptors (Lipinski definition) is 3. The standard InChI is InChI=1S/C13H13Cl3N2O2S/c1-8(2)13-17-12(21(16,19)20)7-18(13)6-9-3-4-10(14)5-11(9)15/h3-5,7-8H,6H2,1-2H3. The van der Waals surface area contributed by atoms with Gasteiger partial charge in [-0.25, -0.2) is 13.4 Å². The van der Waals surface area contributed by atoms with E-state index in [2.05, 4.69) is 4.98 Å². The minimum absolute atomic E-state index is 0.0447. The molecule has 1 aromatic carbocycles. The van der Waals surface area contributed by atoms with Crippen LogP contribution in [-0.2, 0) is 15.6 Å². The van der Waals surface area contributed by atoms with Gasteiger partial charge in [0.1, 0.15) is 5.82 Å². The van der Waals surface area contributed by atoms with Crippen LogP contribution in [0.25, 0.3) is 0 Å². The van der Waals surface area contributed by atoms with Crippen LogP contribution in [0, 0.1) is 0 Å². The van der Waals surface area contributed by atoms with Gasteiger partial charge in [0.25, 0.3) is 9.05 Å². The molecule has 4 nitrogen and oxygen atoms in total. The van der Waals surface area contributed by atoms with Gasteiger partial charge in [0.15, 0.2) is 5.03 Å². The lowest BCUT2D eigenvalue weighted by Crippen LogP contribution is -2.06. The Labute approximate surface area is 138 Å². The second-order valence-corrected chi connectivity index (χ2v) is 8.25. The van der Waals surface area contributed by atoms with Crippen LogP contribution in [0.3, 0.4) is 0 Å². The molecule has 0 spiro atoms. The number of aromatic nitrogens is 2. The molecule has 8 heteroatoms. The maximum atomic E-state index is 11.4. The first-order valence-corrected chi connectivity index (χ1v) is 9.20. The molecule has 0 amide bonds. The van der Waals surface area contributed by atoms with Crippen molar-refractivity contribution in [3.05, 3.63) is 45.8 Å². The first kappa shape index (κ1) is 16.6. The van der Waals surface area contributed by atoms with Gasteiger partial charge in [-0.3, -0.25) is 0 Å². The lowest BCUT2D eigenvalue weighted by molar-refractivity contribution is 0.606. The smallest absolute Gasteiger partial charge is 0.280 e. The molecule has 1 heterocycles. The van der Waals surface area contributed by atoms with Crippen LogP contribution in [0.2, 0.25) is 10.0 Å². The lowest BCUT2D eigenvalue weighted by Gasteiger charge is -2.11. The monoisotopic (exact) mass is 366 g/mol. The Kier molecular flexibility index (Phi) is 4.88. The largest absolute Gasteiger partial charge is 0.329 e. The molecular weight excluding hydrogens is 355 g/mol. The molecule has 0 unspecified atom stereocenters. The maximum Gasteiger partial charge on any atom is 0.280 e. The van der Waals surface area contributed by atoms with Crippen LogP contribution >= 0.6 is 33.9 Å². The van der Waals surface area contributed by atoms with E-state index in [9.17, 15) is 8.42 Å². The molecular formula is C13H13Cl3N2O2S. The Balaban J connectivity index is 2.45. The summed E-state index contributed by atoms with van der Waals surface area (Å²) in [5.74, 6) is 0.670. The molecule has 21 heavy (non-hydrogen) atoms. The second-order valence-electron chi connectivity index (χ2n) is 4.89. The number of hydrogen-bond donors (Lipinski definition) is 0. The van der Waals surface area contributed by atoms with E-state index >= 15 is 0 Å². The molecule has 0 radical (unpaired) electrons. The zero-order valence-corrected chi connectivity index (χ0v) is 14.4. The summed E-state index contributed by atoms with van der Waals surface area (Å²) in [6, 6.07) is 5.17. The van der Waals surface area contributed by atoms with E-state index in [0.717, 1.165) is 5.56 Å². The normalized spacial score (nSPS) is 12.1. The van der Waals surface area contributed by atoms with E-state index in [0.29, 0.717) is 22.4 Å². The molecule has 0 aliphatic carbocycles. The van der Waals surface area contributed by atoms with E-state index in [1.165, 1.54) is 6.20 Å². The molecule has 0 fully saturated rings. The van der Waals surface area contributed by atoms with Crippen molar-refractivity contribution in [2.45, 2.75) is 31.3 Å². The van der Waals surface area contributed by atoms with Crippen LogP contribution in [0.15, 0.2) is 29.4 Å². The zero-order valence-electron chi connectivity index (χ0n) is 11.3. The van der Waals surface area contributed by atoms with Crippen LogP contribution < -0.4 is 0 Å². The van der Waals surface area contributed by atoms with Gasteiger partial charge in [-0.15, -0.1) is 0 Å². The average Bonchev–Trinajstić information content (AvgIpc) is 2.76. The van der Waals surface area contributed by atoms with Crippen molar-refractivity contribution >= 4 is 42.9 Å². The zero-order chi connectivity index (χ0) is 15.8. The van der Waals surface area contributed by atoms with Gasteiger partial charge >= 0.3 is 0 Å². The summed E-state index contributed by atoms with van der Waals surface area (Å²) in [6.07, 6.45) is 1.42. The highest BCUT2D eigenvalue weighted by molar-refractivity contribution is 8.13. The van der Waals surface area contributed by atoms with Crippen LogP contribution in [-0.4, -0.2) is 18.0 Å². The summed E-state index contributed by atoms with van der Waals surface area (Å²) < 4.78 is 24.6. The molecule has 0 bridgehead atoms. The number of halogens is 3. The van der Waals surface area contributed by atoms with Crippen molar-refractivity contribution in [1.82, 2.24) is 9.55 Å². The van der Waals surface area contributed by atoms with Crippen molar-refractivity contribution < 1.29 is 8.42 Å². The molecule has 2 aromatic rings. The van der Waals surface area contributed by atoms with Gasteiger partial charge in [-0.1, -0.05) is 43.1 Å². The predicted molar refractivity (Wildman–Crippen MR) is 84.9 cm³/mol. The van der Waals surface area contributed by atoms with Crippen molar-refractivity contribution in [2.75, 3.05) is 0 Å². The Hall–Kier alpha value is -0.750. The summed E-state index contributed by atoms with van der Waals surface area (Å²) in [6.45, 7) is 4.24. The lowest BCUT2D eigenvalue weighted by atomic mass is 10.2. The van der Waals surface area contributed by atoms with Gasteiger partial charge < -0.3 is 4.57 Å². The van der Waals surface area contributed by atoms with Crippen molar-refractivity contribution in [1.29, 1.82) is 0 Å². The molecule has 0 saturated heterocycles. The Morgan fingerprint density at radius 3 is 2.48 bits per heavy atom. The van der Waals surface area contributed by atoms with Crippen LogP contribution in [0.4, 0.5) is 0 Å². The van der Waals surface area contributed by atoms with E-state index < -0.39 is 9.05 Å². The Morgan fingerprint density at radius 2 is 1.95 bits per heavy atom. The molecule has 0 aliphatic heterocycles. The minimum atomic E-state index is -3.86. The van der Waals surface area contributed by atoms with Gasteiger partial charge in [0, 0.05) is 32.8 Å². The van der Waals surface area contributed by atoms with E-state index in [1.54, 1.807) is 22.8 Å². The average molecular weight is 368 g/mol. The topological polar surface area (TPSA) is 52.0 Å². The Bertz CT molecular complexity index is 770. The highest BCUT2D eigenvalue weighted by atomic mass is 35.7. The summed E-state index contributed by atoms with van der Waals surface area (Å²) in [5, 5.41) is 0.904. The second kappa shape index (κ2) is 6.16. The number of rotatable bonds is 4. The number of imidazole rings is 1. The van der Waals surface area contributed by atoms with Crippen molar-refractivity contribution in [2.24, 2.45) is 0 Å². The number of benzene rings is 1. The van der Waals surface area contributed by atoms with Crippen molar-refractivity contribution in [3.63, 3.8) is 0 Å². The summed E-state index contributed by atoms with van der Waals surface area (Å²) in [5.41, 5.74) is 0.818. The highest BCUT2D eigenvalue weighted by Crippen LogP contribution is 2.25. The molecule has 1 aromatic heterocycles. The van der Waals surface area contributed by atoms with E-state index in [1.807, 2.05) is 13.8 Å². The Morgan fingerprint density at radius 1 is 1.29 bits per heavy atom.